The molecule has 8 heteroatoms. The molecule has 40 heavy (non-hydrogen) atoms. The van der Waals surface area contributed by atoms with Crippen LogP contribution in [-0.2, 0) is 21.5 Å². The molecule has 0 saturated carbocycles. The van der Waals surface area contributed by atoms with Gasteiger partial charge in [0.1, 0.15) is 17.3 Å². The van der Waals surface area contributed by atoms with Gasteiger partial charge in [-0.25, -0.2) is 0 Å². The molecule has 4 rings (SSSR count). The lowest BCUT2D eigenvalue weighted by molar-refractivity contribution is -0.140. The maximum absolute atomic E-state index is 13.6. The number of hydrogen-bond donors (Lipinski definition) is 2. The molecule has 1 saturated heterocycles. The fourth-order valence-corrected chi connectivity index (χ4v) is 4.83. The number of ketones is 1. The van der Waals surface area contributed by atoms with Crippen molar-refractivity contribution < 1.29 is 34.0 Å². The lowest BCUT2D eigenvalue weighted by atomic mass is 9.85. The lowest BCUT2D eigenvalue weighted by Gasteiger charge is -2.26. The molecule has 1 aliphatic heterocycles. The van der Waals surface area contributed by atoms with Crippen molar-refractivity contribution in [2.24, 2.45) is 0 Å². The minimum absolute atomic E-state index is 0.0742. The second-order valence-corrected chi connectivity index (χ2v) is 10.6. The average Bonchev–Trinajstić information content (AvgIpc) is 3.18. The number of amides is 1. The Bertz CT molecular complexity index is 1470. The molecule has 1 unspecified atom stereocenters. The van der Waals surface area contributed by atoms with Crippen molar-refractivity contribution >= 4 is 17.4 Å². The molecule has 0 spiro atoms. The van der Waals surface area contributed by atoms with Crippen molar-refractivity contribution in [1.29, 1.82) is 0 Å². The van der Waals surface area contributed by atoms with Crippen LogP contribution in [0.1, 0.15) is 56.0 Å². The van der Waals surface area contributed by atoms with Gasteiger partial charge in [-0.15, -0.1) is 0 Å². The smallest absolute Gasteiger partial charge is 0.295 e. The van der Waals surface area contributed by atoms with Crippen molar-refractivity contribution in [3.8, 4) is 23.0 Å². The maximum atomic E-state index is 13.6. The van der Waals surface area contributed by atoms with Gasteiger partial charge >= 0.3 is 0 Å². The third kappa shape index (κ3) is 5.47. The number of ether oxygens (including phenoxy) is 3. The molecule has 0 aromatic heterocycles. The zero-order chi connectivity index (χ0) is 29.2. The third-order valence-electron chi connectivity index (χ3n) is 6.95. The number of aromatic hydroxyl groups is 1. The van der Waals surface area contributed by atoms with Crippen LogP contribution in [0.15, 0.2) is 66.2 Å². The van der Waals surface area contributed by atoms with E-state index in [1.807, 2.05) is 32.9 Å². The number of aliphatic hydroxyl groups excluding tert-OH is 1. The van der Waals surface area contributed by atoms with Crippen LogP contribution in [0.25, 0.3) is 5.76 Å². The fraction of sp³-hybridized carbons (Fsp3) is 0.312. The summed E-state index contributed by atoms with van der Waals surface area (Å²) in [6.45, 7) is 8.28. The summed E-state index contributed by atoms with van der Waals surface area (Å²) in [5.74, 6) is -0.813. The molecule has 1 fully saturated rings. The number of aliphatic hydroxyl groups is 1. The summed E-state index contributed by atoms with van der Waals surface area (Å²) >= 11 is 0. The Morgan fingerprint density at radius 1 is 0.950 bits per heavy atom. The number of methoxy groups -OCH3 is 2. The van der Waals surface area contributed by atoms with Crippen LogP contribution in [0.4, 0.5) is 0 Å². The number of hydrogen-bond acceptors (Lipinski definition) is 7. The Morgan fingerprint density at radius 3 is 2.35 bits per heavy atom. The van der Waals surface area contributed by atoms with Crippen molar-refractivity contribution in [3.05, 3.63) is 88.5 Å². The molecule has 1 heterocycles. The topological polar surface area (TPSA) is 106 Å². The number of phenols is 1. The number of phenolic OH excluding ortho intramolecular Hbond substituents is 1. The second-order valence-electron chi connectivity index (χ2n) is 10.6. The Kier molecular flexibility index (Phi) is 8.09. The first-order valence-corrected chi connectivity index (χ1v) is 13.1. The molecule has 0 radical (unpaired) electrons. The SMILES string of the molecule is CCOc1cc(C2/C(=C(\O)c3cc(C(C)(C)C)ccc3OC)C(=O)C(=O)N2Cc2cccc(OC)c2)ccc1O. The van der Waals surface area contributed by atoms with Gasteiger partial charge in [0.2, 0.25) is 0 Å². The van der Waals surface area contributed by atoms with Gasteiger partial charge in [-0.2, -0.15) is 0 Å². The lowest BCUT2D eigenvalue weighted by Crippen LogP contribution is -2.29. The number of carbonyl (C=O) groups excluding carboxylic acids is 2. The zero-order valence-electron chi connectivity index (χ0n) is 23.6. The van der Waals surface area contributed by atoms with Crippen molar-refractivity contribution in [3.63, 3.8) is 0 Å². The van der Waals surface area contributed by atoms with Crippen LogP contribution in [0, 0.1) is 0 Å². The number of benzene rings is 3. The van der Waals surface area contributed by atoms with E-state index in [2.05, 4.69) is 0 Å². The second kappa shape index (κ2) is 11.3. The predicted molar refractivity (Wildman–Crippen MR) is 152 cm³/mol. The van der Waals surface area contributed by atoms with Crippen LogP contribution in [0.3, 0.4) is 0 Å². The van der Waals surface area contributed by atoms with Crippen LogP contribution in [0.5, 0.6) is 23.0 Å². The summed E-state index contributed by atoms with van der Waals surface area (Å²) in [5, 5.41) is 22.1. The molecular weight excluding hydrogens is 510 g/mol. The highest BCUT2D eigenvalue weighted by Gasteiger charge is 2.46. The number of likely N-dealkylation sites (tertiary alicyclic amines) is 1. The minimum Gasteiger partial charge on any atom is -0.507 e. The number of rotatable bonds is 8. The van der Waals surface area contributed by atoms with E-state index in [1.165, 1.54) is 18.1 Å². The van der Waals surface area contributed by atoms with Crippen LogP contribution < -0.4 is 14.2 Å². The monoisotopic (exact) mass is 545 g/mol. The Balaban J connectivity index is 1.95. The van der Waals surface area contributed by atoms with Gasteiger partial charge < -0.3 is 29.3 Å². The van der Waals surface area contributed by atoms with Crippen molar-refractivity contribution in [2.75, 3.05) is 20.8 Å². The predicted octanol–water partition coefficient (Wildman–Crippen LogP) is 5.73. The maximum Gasteiger partial charge on any atom is 0.295 e. The van der Waals surface area contributed by atoms with E-state index in [0.29, 0.717) is 29.2 Å². The van der Waals surface area contributed by atoms with Crippen LogP contribution in [0.2, 0.25) is 0 Å². The van der Waals surface area contributed by atoms with Crippen molar-refractivity contribution in [1.82, 2.24) is 4.90 Å². The van der Waals surface area contributed by atoms with Crippen LogP contribution >= 0.6 is 0 Å². The van der Waals surface area contributed by atoms with E-state index in [-0.39, 0.29) is 34.8 Å². The highest BCUT2D eigenvalue weighted by molar-refractivity contribution is 6.46. The quantitative estimate of drug-likeness (QED) is 0.212. The largest absolute Gasteiger partial charge is 0.507 e. The van der Waals surface area contributed by atoms with Gasteiger partial charge in [0.15, 0.2) is 11.5 Å². The Morgan fingerprint density at radius 2 is 1.70 bits per heavy atom. The highest BCUT2D eigenvalue weighted by atomic mass is 16.5. The molecule has 3 aromatic rings. The summed E-state index contributed by atoms with van der Waals surface area (Å²) in [6.07, 6.45) is 0. The first kappa shape index (κ1) is 28.5. The van der Waals surface area contributed by atoms with Gasteiger partial charge in [-0.05, 0) is 65.4 Å². The molecule has 8 nitrogen and oxygen atoms in total. The Hall–Kier alpha value is -4.46. The first-order chi connectivity index (χ1) is 19.0. The van der Waals surface area contributed by atoms with E-state index in [9.17, 15) is 19.8 Å². The molecular formula is C32H35NO7. The molecule has 3 aromatic carbocycles. The Labute approximate surface area is 234 Å². The number of carbonyl (C=O) groups is 2. The van der Waals surface area contributed by atoms with Gasteiger partial charge in [0.25, 0.3) is 11.7 Å². The highest BCUT2D eigenvalue weighted by Crippen LogP contribution is 2.44. The van der Waals surface area contributed by atoms with E-state index in [1.54, 1.807) is 56.5 Å². The van der Waals surface area contributed by atoms with Gasteiger partial charge in [-0.1, -0.05) is 45.0 Å². The molecule has 0 aliphatic carbocycles. The van der Waals surface area contributed by atoms with Crippen LogP contribution in [-0.4, -0.2) is 47.6 Å². The minimum atomic E-state index is -0.964. The van der Waals surface area contributed by atoms with Gasteiger partial charge in [0.05, 0.1) is 38.0 Å². The van der Waals surface area contributed by atoms with Crippen molar-refractivity contribution in [2.45, 2.75) is 45.7 Å². The standard InChI is InChI=1S/C32H35NO7/c1-7-40-26-16-20(11-13-24(26)34)28-27(29(35)23-17-21(32(2,3)4)12-14-25(23)39-6)30(36)31(37)33(28)18-19-9-8-10-22(15-19)38-5/h8-17,28,34-35H,7,18H2,1-6H3/b29-27+. The van der Waals surface area contributed by atoms with E-state index >= 15 is 0 Å². The molecule has 210 valence electrons. The molecule has 1 aliphatic rings. The molecule has 0 bridgehead atoms. The average molecular weight is 546 g/mol. The number of Topliss-reactive ketones (excluding diaryl/α,β-unsaturated/α-hetero) is 1. The molecule has 1 amide bonds. The van der Waals surface area contributed by atoms with Gasteiger partial charge in [0, 0.05) is 6.54 Å². The molecule has 1 atom stereocenters. The summed E-state index contributed by atoms with van der Waals surface area (Å²) in [4.78, 5) is 28.6. The summed E-state index contributed by atoms with van der Waals surface area (Å²) in [5.41, 5.74) is 2.13. The zero-order valence-corrected chi connectivity index (χ0v) is 23.6. The number of nitrogens with zero attached hydrogens (tertiary/aromatic N) is 1. The summed E-state index contributed by atoms with van der Waals surface area (Å²) in [6, 6.07) is 16.3. The first-order valence-electron chi connectivity index (χ1n) is 13.1. The normalized spacial score (nSPS) is 16.8. The summed E-state index contributed by atoms with van der Waals surface area (Å²) < 4.78 is 16.5. The summed E-state index contributed by atoms with van der Waals surface area (Å²) in [7, 11) is 3.03. The third-order valence-corrected chi connectivity index (χ3v) is 6.95. The fourth-order valence-electron chi connectivity index (χ4n) is 4.83. The van der Waals surface area contributed by atoms with E-state index < -0.39 is 17.7 Å². The van der Waals surface area contributed by atoms with Gasteiger partial charge in [-0.3, -0.25) is 9.59 Å². The van der Waals surface area contributed by atoms with E-state index in [0.717, 1.165) is 11.1 Å². The molecule has 2 N–H and O–H groups in total. The van der Waals surface area contributed by atoms with E-state index in [4.69, 9.17) is 14.2 Å².